The van der Waals surface area contributed by atoms with Crippen molar-refractivity contribution in [3.05, 3.63) is 71.8 Å². The van der Waals surface area contributed by atoms with E-state index in [9.17, 15) is 9.59 Å². The van der Waals surface area contributed by atoms with Crippen LogP contribution in [0, 0.1) is 5.92 Å². The van der Waals surface area contributed by atoms with E-state index in [1.807, 2.05) is 60.7 Å². The van der Waals surface area contributed by atoms with Crippen molar-refractivity contribution < 1.29 is 14.3 Å². The van der Waals surface area contributed by atoms with Crippen molar-refractivity contribution in [2.45, 2.75) is 24.8 Å². The van der Waals surface area contributed by atoms with Crippen molar-refractivity contribution >= 4 is 11.9 Å². The zero-order chi connectivity index (χ0) is 16.9. The van der Waals surface area contributed by atoms with E-state index in [1.165, 1.54) is 12.7 Å². The van der Waals surface area contributed by atoms with Crippen LogP contribution in [0.3, 0.4) is 0 Å². The van der Waals surface area contributed by atoms with Gasteiger partial charge >= 0.3 is 5.97 Å². The van der Waals surface area contributed by atoms with Gasteiger partial charge in [-0.15, -0.1) is 0 Å². The quantitative estimate of drug-likeness (QED) is 0.832. The van der Waals surface area contributed by atoms with Gasteiger partial charge in [-0.05, 0) is 23.5 Å². The SMILES string of the molecule is COC(=O)C(Cc1ccccc1)NC(=O)[C@@H]1CC1c1ccccc1. The second-order valence-electron chi connectivity index (χ2n) is 6.13. The zero-order valence-electron chi connectivity index (χ0n) is 13.6. The molecule has 3 atom stereocenters. The molecule has 1 saturated carbocycles. The van der Waals surface area contributed by atoms with Gasteiger partial charge in [-0.25, -0.2) is 4.79 Å². The van der Waals surface area contributed by atoms with Gasteiger partial charge in [0.15, 0.2) is 0 Å². The maximum absolute atomic E-state index is 12.5. The molecule has 0 radical (unpaired) electrons. The van der Waals surface area contributed by atoms with Crippen LogP contribution in [0.4, 0.5) is 0 Å². The summed E-state index contributed by atoms with van der Waals surface area (Å²) < 4.78 is 4.84. The number of ether oxygens (including phenoxy) is 1. The molecule has 0 aliphatic heterocycles. The Morgan fingerprint density at radius 3 is 2.33 bits per heavy atom. The van der Waals surface area contributed by atoms with E-state index in [0.29, 0.717) is 6.42 Å². The van der Waals surface area contributed by atoms with E-state index < -0.39 is 12.0 Å². The highest BCUT2D eigenvalue weighted by Crippen LogP contribution is 2.47. The maximum atomic E-state index is 12.5. The molecule has 24 heavy (non-hydrogen) atoms. The van der Waals surface area contributed by atoms with Crippen LogP contribution in [0.25, 0.3) is 0 Å². The third kappa shape index (κ3) is 3.82. The number of carbonyl (C=O) groups excluding carboxylic acids is 2. The lowest BCUT2D eigenvalue weighted by Gasteiger charge is -2.16. The number of methoxy groups -OCH3 is 1. The molecular weight excluding hydrogens is 302 g/mol. The van der Waals surface area contributed by atoms with Gasteiger partial charge in [0.2, 0.25) is 5.91 Å². The number of esters is 1. The summed E-state index contributed by atoms with van der Waals surface area (Å²) in [6.07, 6.45) is 1.26. The molecule has 2 aromatic carbocycles. The molecule has 1 amide bonds. The number of hydrogen-bond acceptors (Lipinski definition) is 3. The minimum atomic E-state index is -0.651. The molecule has 0 aromatic heterocycles. The Hall–Kier alpha value is -2.62. The Kier molecular flexibility index (Phi) is 4.94. The molecule has 3 rings (SSSR count). The van der Waals surface area contributed by atoms with Gasteiger partial charge in [0, 0.05) is 12.3 Å². The smallest absolute Gasteiger partial charge is 0.328 e. The van der Waals surface area contributed by atoms with Crippen LogP contribution < -0.4 is 5.32 Å². The molecule has 0 spiro atoms. The minimum absolute atomic E-state index is 0.0599. The Morgan fingerprint density at radius 1 is 1.08 bits per heavy atom. The third-order valence-corrected chi connectivity index (χ3v) is 4.44. The molecule has 0 saturated heterocycles. The van der Waals surface area contributed by atoms with E-state index in [-0.39, 0.29) is 17.7 Å². The Balaban J connectivity index is 1.63. The lowest BCUT2D eigenvalue weighted by atomic mass is 10.1. The minimum Gasteiger partial charge on any atom is -0.467 e. The average Bonchev–Trinajstić information content (AvgIpc) is 3.43. The highest BCUT2D eigenvalue weighted by Gasteiger charge is 2.44. The second-order valence-corrected chi connectivity index (χ2v) is 6.13. The summed E-state index contributed by atoms with van der Waals surface area (Å²) in [6, 6.07) is 19.0. The summed E-state index contributed by atoms with van der Waals surface area (Å²) in [6.45, 7) is 0. The van der Waals surface area contributed by atoms with E-state index >= 15 is 0 Å². The van der Waals surface area contributed by atoms with Gasteiger partial charge in [-0.3, -0.25) is 4.79 Å². The zero-order valence-corrected chi connectivity index (χ0v) is 13.6. The van der Waals surface area contributed by atoms with Crippen molar-refractivity contribution in [2.24, 2.45) is 5.92 Å². The van der Waals surface area contributed by atoms with Crippen molar-refractivity contribution in [1.82, 2.24) is 5.32 Å². The van der Waals surface area contributed by atoms with E-state index in [1.54, 1.807) is 0 Å². The van der Waals surface area contributed by atoms with E-state index in [4.69, 9.17) is 4.74 Å². The predicted octanol–water partition coefficient (Wildman–Crippen LogP) is 2.69. The monoisotopic (exact) mass is 323 g/mol. The number of carbonyl (C=O) groups is 2. The van der Waals surface area contributed by atoms with Crippen molar-refractivity contribution in [2.75, 3.05) is 7.11 Å². The van der Waals surface area contributed by atoms with Crippen LogP contribution in [-0.2, 0) is 20.7 Å². The number of hydrogen-bond donors (Lipinski definition) is 1. The fourth-order valence-corrected chi connectivity index (χ4v) is 3.02. The molecular formula is C20H21NO3. The topological polar surface area (TPSA) is 55.4 Å². The van der Waals surface area contributed by atoms with E-state index in [2.05, 4.69) is 5.32 Å². The van der Waals surface area contributed by atoms with Gasteiger partial charge in [0.25, 0.3) is 0 Å². The van der Waals surface area contributed by atoms with Crippen LogP contribution in [0.5, 0.6) is 0 Å². The summed E-state index contributed by atoms with van der Waals surface area (Å²) >= 11 is 0. The Bertz CT molecular complexity index is 699. The first-order chi connectivity index (χ1) is 11.7. The highest BCUT2D eigenvalue weighted by molar-refractivity contribution is 5.88. The average molecular weight is 323 g/mol. The molecule has 2 unspecified atom stereocenters. The number of rotatable bonds is 6. The first-order valence-corrected chi connectivity index (χ1v) is 8.16. The van der Waals surface area contributed by atoms with Crippen LogP contribution in [0.15, 0.2) is 60.7 Å². The molecule has 0 heterocycles. The molecule has 2 aromatic rings. The van der Waals surface area contributed by atoms with Gasteiger partial charge in [0.05, 0.1) is 7.11 Å². The largest absolute Gasteiger partial charge is 0.467 e. The van der Waals surface area contributed by atoms with Gasteiger partial charge < -0.3 is 10.1 Å². The highest BCUT2D eigenvalue weighted by atomic mass is 16.5. The van der Waals surface area contributed by atoms with Crippen LogP contribution in [-0.4, -0.2) is 25.0 Å². The molecule has 1 N–H and O–H groups in total. The predicted molar refractivity (Wildman–Crippen MR) is 91.4 cm³/mol. The van der Waals surface area contributed by atoms with Crippen LogP contribution in [0.2, 0.25) is 0 Å². The van der Waals surface area contributed by atoms with Gasteiger partial charge in [-0.2, -0.15) is 0 Å². The molecule has 1 fully saturated rings. The first-order valence-electron chi connectivity index (χ1n) is 8.16. The fraction of sp³-hybridized carbons (Fsp3) is 0.300. The molecule has 4 heteroatoms. The molecule has 4 nitrogen and oxygen atoms in total. The molecule has 1 aliphatic rings. The summed E-state index contributed by atoms with van der Waals surface area (Å²) in [5.74, 6) is -0.296. The van der Waals surface area contributed by atoms with Crippen LogP contribution in [0.1, 0.15) is 23.5 Å². The summed E-state index contributed by atoms with van der Waals surface area (Å²) in [4.78, 5) is 24.5. The number of amides is 1. The molecule has 0 bridgehead atoms. The number of benzene rings is 2. The van der Waals surface area contributed by atoms with Crippen molar-refractivity contribution in [1.29, 1.82) is 0 Å². The Labute approximate surface area is 141 Å². The maximum Gasteiger partial charge on any atom is 0.328 e. The second kappa shape index (κ2) is 7.30. The van der Waals surface area contributed by atoms with Crippen molar-refractivity contribution in [3.8, 4) is 0 Å². The standard InChI is InChI=1S/C20H21NO3/c1-24-20(23)18(12-14-8-4-2-5-9-14)21-19(22)17-13-16(17)15-10-6-3-7-11-15/h2-11,16-18H,12-13H2,1H3,(H,21,22)/t16?,17-,18?/m1/s1. The fourth-order valence-electron chi connectivity index (χ4n) is 3.02. The van der Waals surface area contributed by atoms with Crippen molar-refractivity contribution in [3.63, 3.8) is 0 Å². The Morgan fingerprint density at radius 2 is 1.71 bits per heavy atom. The first kappa shape index (κ1) is 16.2. The van der Waals surface area contributed by atoms with E-state index in [0.717, 1.165) is 12.0 Å². The van der Waals surface area contributed by atoms with Gasteiger partial charge in [0.1, 0.15) is 6.04 Å². The third-order valence-electron chi connectivity index (χ3n) is 4.44. The van der Waals surface area contributed by atoms with Gasteiger partial charge in [-0.1, -0.05) is 60.7 Å². The normalized spacial score (nSPS) is 20.0. The lowest BCUT2D eigenvalue weighted by molar-refractivity contribution is -0.145. The molecule has 1 aliphatic carbocycles. The van der Waals surface area contributed by atoms with Crippen LogP contribution >= 0.6 is 0 Å². The number of nitrogens with one attached hydrogen (secondary N) is 1. The summed E-state index contributed by atoms with van der Waals surface area (Å²) in [7, 11) is 1.34. The summed E-state index contributed by atoms with van der Waals surface area (Å²) in [5.41, 5.74) is 2.17. The lowest BCUT2D eigenvalue weighted by Crippen LogP contribution is -2.43. The molecule has 124 valence electrons. The summed E-state index contributed by atoms with van der Waals surface area (Å²) in [5, 5.41) is 2.86.